The summed E-state index contributed by atoms with van der Waals surface area (Å²) in [5.41, 5.74) is 5.62. The Labute approximate surface area is 91.2 Å². The van der Waals surface area contributed by atoms with Gasteiger partial charge in [0, 0.05) is 12.1 Å². The lowest BCUT2D eigenvalue weighted by Crippen LogP contribution is -2.50. The van der Waals surface area contributed by atoms with Gasteiger partial charge in [-0.3, -0.25) is 4.79 Å². The average molecular weight is 231 g/mol. The smallest absolute Gasteiger partial charge is 0.263 e. The van der Waals surface area contributed by atoms with Gasteiger partial charge in [0.05, 0.1) is 5.02 Å². The average Bonchev–Trinajstić information content (AvgIpc) is 2.48. The summed E-state index contributed by atoms with van der Waals surface area (Å²) in [5.74, 6) is -0.0816. The first kappa shape index (κ1) is 9.96. The largest absolute Gasteiger partial charge is 0.348 e. The Morgan fingerprint density at radius 1 is 1.64 bits per heavy atom. The van der Waals surface area contributed by atoms with Crippen LogP contribution in [0.3, 0.4) is 0 Å². The molecule has 0 aliphatic heterocycles. The van der Waals surface area contributed by atoms with Gasteiger partial charge in [0.2, 0.25) is 0 Å². The molecule has 1 fully saturated rings. The van der Waals surface area contributed by atoms with Crippen LogP contribution in [0.5, 0.6) is 0 Å². The highest BCUT2D eigenvalue weighted by atomic mass is 35.5. The molecule has 3 N–H and O–H groups in total. The molecule has 0 spiro atoms. The third kappa shape index (κ3) is 1.92. The molecule has 1 saturated carbocycles. The van der Waals surface area contributed by atoms with Crippen LogP contribution in [-0.4, -0.2) is 18.0 Å². The maximum atomic E-state index is 11.6. The topological polar surface area (TPSA) is 55.1 Å². The van der Waals surface area contributed by atoms with Gasteiger partial charge in [-0.1, -0.05) is 11.6 Å². The number of thiophene rings is 1. The molecule has 0 radical (unpaired) electrons. The number of nitrogens with two attached hydrogens (primary N) is 1. The standard InChI is InChI=1S/C9H11ClN2OS/c10-7-1-2-14-8(7)9(13)12-6-3-5(11)4-6/h1-2,5-6H,3-4,11H2,(H,12,13). The summed E-state index contributed by atoms with van der Waals surface area (Å²) in [4.78, 5) is 12.2. The molecule has 3 nitrogen and oxygen atoms in total. The van der Waals surface area contributed by atoms with E-state index in [4.69, 9.17) is 17.3 Å². The maximum Gasteiger partial charge on any atom is 0.263 e. The van der Waals surface area contributed by atoms with Crippen molar-refractivity contribution < 1.29 is 4.79 Å². The zero-order valence-corrected chi connectivity index (χ0v) is 9.07. The van der Waals surface area contributed by atoms with E-state index in [0.717, 1.165) is 12.8 Å². The Morgan fingerprint density at radius 3 is 2.86 bits per heavy atom. The van der Waals surface area contributed by atoms with E-state index in [-0.39, 0.29) is 18.0 Å². The van der Waals surface area contributed by atoms with E-state index in [2.05, 4.69) is 5.32 Å². The number of rotatable bonds is 2. The molecule has 1 aromatic heterocycles. The molecule has 0 aromatic carbocycles. The third-order valence-electron chi connectivity index (χ3n) is 2.33. The van der Waals surface area contributed by atoms with E-state index in [0.29, 0.717) is 9.90 Å². The molecule has 0 unspecified atom stereocenters. The number of hydrogen-bond acceptors (Lipinski definition) is 3. The Morgan fingerprint density at radius 2 is 2.36 bits per heavy atom. The molecule has 0 bridgehead atoms. The van der Waals surface area contributed by atoms with Gasteiger partial charge in [-0.05, 0) is 24.3 Å². The van der Waals surface area contributed by atoms with Crippen molar-refractivity contribution >= 4 is 28.8 Å². The van der Waals surface area contributed by atoms with Crippen molar-refractivity contribution in [1.29, 1.82) is 0 Å². The second-order valence-corrected chi connectivity index (χ2v) is 4.82. The molecule has 5 heteroatoms. The van der Waals surface area contributed by atoms with Crippen LogP contribution in [0.1, 0.15) is 22.5 Å². The predicted octanol–water partition coefficient (Wildman–Crippen LogP) is 1.62. The maximum absolute atomic E-state index is 11.6. The monoisotopic (exact) mass is 230 g/mol. The first-order valence-electron chi connectivity index (χ1n) is 4.46. The summed E-state index contributed by atoms with van der Waals surface area (Å²) in [6.45, 7) is 0. The van der Waals surface area contributed by atoms with Crippen LogP contribution < -0.4 is 11.1 Å². The molecule has 0 saturated heterocycles. The van der Waals surface area contributed by atoms with Crippen LogP contribution in [0.25, 0.3) is 0 Å². The van der Waals surface area contributed by atoms with Crippen molar-refractivity contribution in [1.82, 2.24) is 5.32 Å². The van der Waals surface area contributed by atoms with Gasteiger partial charge in [0.25, 0.3) is 5.91 Å². The minimum atomic E-state index is -0.0816. The normalized spacial score (nSPS) is 25.6. The van der Waals surface area contributed by atoms with Gasteiger partial charge in [0.15, 0.2) is 0 Å². The lowest BCUT2D eigenvalue weighted by molar-refractivity contribution is 0.0914. The molecule has 1 heterocycles. The molecular formula is C9H11ClN2OS. The number of halogens is 1. The fourth-order valence-corrected chi connectivity index (χ4v) is 2.53. The summed E-state index contributed by atoms with van der Waals surface area (Å²) in [5, 5.41) is 5.23. The molecule has 1 aliphatic carbocycles. The minimum absolute atomic E-state index is 0.0816. The molecule has 1 amide bonds. The van der Waals surface area contributed by atoms with Gasteiger partial charge < -0.3 is 11.1 Å². The van der Waals surface area contributed by atoms with Crippen LogP contribution >= 0.6 is 22.9 Å². The van der Waals surface area contributed by atoms with Crippen molar-refractivity contribution in [3.8, 4) is 0 Å². The van der Waals surface area contributed by atoms with Gasteiger partial charge in [-0.25, -0.2) is 0 Å². The quantitative estimate of drug-likeness (QED) is 0.811. The van der Waals surface area contributed by atoms with Gasteiger partial charge in [-0.2, -0.15) is 0 Å². The van der Waals surface area contributed by atoms with Crippen LogP contribution in [0.2, 0.25) is 5.02 Å². The SMILES string of the molecule is NC1CC(NC(=O)c2sccc2Cl)C1. The van der Waals surface area contributed by atoms with Crippen molar-refractivity contribution in [3.63, 3.8) is 0 Å². The zero-order valence-electron chi connectivity index (χ0n) is 7.50. The van der Waals surface area contributed by atoms with E-state index in [9.17, 15) is 4.79 Å². The first-order chi connectivity index (χ1) is 6.66. The highest BCUT2D eigenvalue weighted by molar-refractivity contribution is 7.12. The summed E-state index contributed by atoms with van der Waals surface area (Å²) in [6.07, 6.45) is 1.74. The zero-order chi connectivity index (χ0) is 10.1. The van der Waals surface area contributed by atoms with Gasteiger partial charge in [-0.15, -0.1) is 11.3 Å². The molecule has 1 aliphatic rings. The van der Waals surface area contributed by atoms with Crippen molar-refractivity contribution in [3.05, 3.63) is 21.3 Å². The second-order valence-electron chi connectivity index (χ2n) is 3.50. The molecular weight excluding hydrogens is 220 g/mol. The van der Waals surface area contributed by atoms with Crippen LogP contribution in [0.15, 0.2) is 11.4 Å². The summed E-state index contributed by atoms with van der Waals surface area (Å²) in [6, 6.07) is 2.21. The number of carbonyl (C=O) groups excluding carboxylic acids is 1. The van der Waals surface area contributed by atoms with Crippen molar-refractivity contribution in [2.45, 2.75) is 24.9 Å². The lowest BCUT2D eigenvalue weighted by atomic mass is 9.87. The summed E-state index contributed by atoms with van der Waals surface area (Å²) >= 11 is 7.19. The molecule has 0 atom stereocenters. The third-order valence-corrected chi connectivity index (χ3v) is 3.67. The Bertz CT molecular complexity index is 346. The molecule has 14 heavy (non-hydrogen) atoms. The Kier molecular flexibility index (Phi) is 2.76. The Hall–Kier alpha value is -0.580. The fourth-order valence-electron chi connectivity index (χ4n) is 1.49. The number of nitrogens with one attached hydrogen (secondary N) is 1. The van der Waals surface area contributed by atoms with E-state index in [1.165, 1.54) is 11.3 Å². The number of carbonyl (C=O) groups is 1. The second kappa shape index (κ2) is 3.88. The molecule has 1 aromatic rings. The Balaban J connectivity index is 1.93. The summed E-state index contributed by atoms with van der Waals surface area (Å²) < 4.78 is 0. The van der Waals surface area contributed by atoms with Crippen molar-refractivity contribution in [2.24, 2.45) is 5.73 Å². The van der Waals surface area contributed by atoms with E-state index in [1.54, 1.807) is 6.07 Å². The van der Waals surface area contributed by atoms with Gasteiger partial charge in [0.1, 0.15) is 4.88 Å². The minimum Gasteiger partial charge on any atom is -0.348 e. The lowest BCUT2D eigenvalue weighted by Gasteiger charge is -2.32. The first-order valence-corrected chi connectivity index (χ1v) is 5.72. The molecule has 76 valence electrons. The molecule has 2 rings (SSSR count). The van der Waals surface area contributed by atoms with Crippen LogP contribution in [0.4, 0.5) is 0 Å². The van der Waals surface area contributed by atoms with Crippen LogP contribution in [0, 0.1) is 0 Å². The van der Waals surface area contributed by atoms with Crippen LogP contribution in [-0.2, 0) is 0 Å². The highest BCUT2D eigenvalue weighted by Gasteiger charge is 2.28. The highest BCUT2D eigenvalue weighted by Crippen LogP contribution is 2.23. The van der Waals surface area contributed by atoms with E-state index < -0.39 is 0 Å². The van der Waals surface area contributed by atoms with Gasteiger partial charge >= 0.3 is 0 Å². The number of hydrogen-bond donors (Lipinski definition) is 2. The summed E-state index contributed by atoms with van der Waals surface area (Å²) in [7, 11) is 0. The fraction of sp³-hybridized carbons (Fsp3) is 0.444. The predicted molar refractivity (Wildman–Crippen MR) is 57.8 cm³/mol. The van der Waals surface area contributed by atoms with Crippen molar-refractivity contribution in [2.75, 3.05) is 0 Å². The van der Waals surface area contributed by atoms with E-state index in [1.807, 2.05) is 5.38 Å². The number of amides is 1. The van der Waals surface area contributed by atoms with E-state index >= 15 is 0 Å².